The monoisotopic (exact) mass is 322 g/mol. The standard InChI is InChI=1S/C18H18N4O2/c1-13-19-8-10-21(13)12-17(23)22-9-7-16-15(11-22)20-18(24-16)14-5-3-2-4-6-14/h2-6,8,10H,7,9,11-12H2,1H3. The molecule has 6 heteroatoms. The Bertz CT molecular complexity index is 866. The smallest absolute Gasteiger partial charge is 0.242 e. The maximum Gasteiger partial charge on any atom is 0.242 e. The quantitative estimate of drug-likeness (QED) is 0.743. The average molecular weight is 322 g/mol. The van der Waals surface area contributed by atoms with Gasteiger partial charge in [-0.05, 0) is 19.1 Å². The molecule has 1 aromatic carbocycles. The number of oxazole rings is 1. The van der Waals surface area contributed by atoms with Crippen LogP contribution in [-0.2, 0) is 24.3 Å². The Hall–Kier alpha value is -2.89. The molecule has 0 fully saturated rings. The summed E-state index contributed by atoms with van der Waals surface area (Å²) in [4.78, 5) is 23.1. The molecule has 2 aromatic heterocycles. The van der Waals surface area contributed by atoms with E-state index in [9.17, 15) is 4.79 Å². The van der Waals surface area contributed by atoms with Crippen LogP contribution in [0.2, 0.25) is 0 Å². The first kappa shape index (κ1) is 14.7. The molecule has 122 valence electrons. The highest BCUT2D eigenvalue weighted by atomic mass is 16.4. The fraction of sp³-hybridized carbons (Fsp3) is 0.278. The third-order valence-corrected chi connectivity index (χ3v) is 4.33. The number of carbonyl (C=O) groups is 1. The topological polar surface area (TPSA) is 64.2 Å². The lowest BCUT2D eigenvalue weighted by Gasteiger charge is -2.25. The molecule has 0 aliphatic carbocycles. The highest BCUT2D eigenvalue weighted by Gasteiger charge is 2.26. The predicted molar refractivity (Wildman–Crippen MR) is 88.0 cm³/mol. The fourth-order valence-corrected chi connectivity index (χ4v) is 2.93. The molecule has 0 saturated heterocycles. The molecule has 6 nitrogen and oxygen atoms in total. The molecule has 0 saturated carbocycles. The van der Waals surface area contributed by atoms with Gasteiger partial charge in [-0.3, -0.25) is 4.79 Å². The number of aromatic nitrogens is 3. The number of imidazole rings is 1. The van der Waals surface area contributed by atoms with Crippen LogP contribution in [0, 0.1) is 6.92 Å². The van der Waals surface area contributed by atoms with E-state index in [0.717, 1.165) is 22.8 Å². The molecule has 1 aliphatic heterocycles. The lowest BCUT2D eigenvalue weighted by atomic mass is 10.1. The van der Waals surface area contributed by atoms with E-state index in [1.165, 1.54) is 0 Å². The van der Waals surface area contributed by atoms with Crippen molar-refractivity contribution in [3.05, 3.63) is 60.0 Å². The molecule has 0 N–H and O–H groups in total. The summed E-state index contributed by atoms with van der Waals surface area (Å²) < 4.78 is 7.74. The minimum Gasteiger partial charge on any atom is -0.441 e. The molecule has 3 heterocycles. The molecule has 24 heavy (non-hydrogen) atoms. The van der Waals surface area contributed by atoms with Crippen LogP contribution in [0.5, 0.6) is 0 Å². The summed E-state index contributed by atoms with van der Waals surface area (Å²) in [6, 6.07) is 9.83. The van der Waals surface area contributed by atoms with Gasteiger partial charge in [0.25, 0.3) is 0 Å². The van der Waals surface area contributed by atoms with Crippen molar-refractivity contribution in [2.45, 2.75) is 26.4 Å². The Kier molecular flexibility index (Phi) is 3.65. The molecule has 0 spiro atoms. The summed E-state index contributed by atoms with van der Waals surface area (Å²) >= 11 is 0. The van der Waals surface area contributed by atoms with Gasteiger partial charge < -0.3 is 13.9 Å². The van der Waals surface area contributed by atoms with Gasteiger partial charge in [-0.25, -0.2) is 9.97 Å². The van der Waals surface area contributed by atoms with Gasteiger partial charge >= 0.3 is 0 Å². The van der Waals surface area contributed by atoms with Crippen LogP contribution in [0.4, 0.5) is 0 Å². The number of aryl methyl sites for hydroxylation is 1. The molecule has 1 aliphatic rings. The summed E-state index contributed by atoms with van der Waals surface area (Å²) in [5.74, 6) is 2.43. The maximum atomic E-state index is 12.5. The number of rotatable bonds is 3. The van der Waals surface area contributed by atoms with Crippen molar-refractivity contribution in [2.24, 2.45) is 0 Å². The number of amides is 1. The van der Waals surface area contributed by atoms with E-state index >= 15 is 0 Å². The SMILES string of the molecule is Cc1nccn1CC(=O)N1CCc2oc(-c3ccccc3)nc2C1. The zero-order valence-electron chi connectivity index (χ0n) is 13.5. The van der Waals surface area contributed by atoms with Gasteiger partial charge in [0.05, 0.1) is 6.54 Å². The van der Waals surface area contributed by atoms with Crippen molar-refractivity contribution < 1.29 is 9.21 Å². The van der Waals surface area contributed by atoms with Crippen LogP contribution in [0.25, 0.3) is 11.5 Å². The van der Waals surface area contributed by atoms with E-state index in [-0.39, 0.29) is 5.91 Å². The van der Waals surface area contributed by atoms with Crippen molar-refractivity contribution >= 4 is 5.91 Å². The Balaban J connectivity index is 1.50. The van der Waals surface area contributed by atoms with Gasteiger partial charge in [0.1, 0.15) is 23.8 Å². The predicted octanol–water partition coefficient (Wildman–Crippen LogP) is 2.43. The molecule has 0 atom stereocenters. The van der Waals surface area contributed by atoms with Gasteiger partial charge in [-0.2, -0.15) is 0 Å². The first-order valence-electron chi connectivity index (χ1n) is 8.00. The molecule has 0 radical (unpaired) electrons. The fourth-order valence-electron chi connectivity index (χ4n) is 2.93. The number of nitrogens with zero attached hydrogens (tertiary/aromatic N) is 4. The Morgan fingerprint density at radius 1 is 1.29 bits per heavy atom. The normalized spacial score (nSPS) is 13.8. The molecule has 4 rings (SSSR count). The second-order valence-electron chi connectivity index (χ2n) is 5.92. The molecular weight excluding hydrogens is 304 g/mol. The number of carbonyl (C=O) groups excluding carboxylic acids is 1. The summed E-state index contributed by atoms with van der Waals surface area (Å²) in [5.41, 5.74) is 1.81. The minimum absolute atomic E-state index is 0.0750. The zero-order valence-corrected chi connectivity index (χ0v) is 13.5. The van der Waals surface area contributed by atoms with Crippen molar-refractivity contribution in [1.29, 1.82) is 0 Å². The third-order valence-electron chi connectivity index (χ3n) is 4.33. The Morgan fingerprint density at radius 3 is 2.88 bits per heavy atom. The van der Waals surface area contributed by atoms with Crippen molar-refractivity contribution in [3.63, 3.8) is 0 Å². The number of fused-ring (bicyclic) bond motifs is 1. The Morgan fingerprint density at radius 2 is 2.12 bits per heavy atom. The van der Waals surface area contributed by atoms with Crippen molar-refractivity contribution in [3.8, 4) is 11.5 Å². The van der Waals surface area contributed by atoms with Crippen LogP contribution in [-0.4, -0.2) is 31.9 Å². The number of benzene rings is 1. The minimum atomic E-state index is 0.0750. The summed E-state index contributed by atoms with van der Waals surface area (Å²) in [7, 11) is 0. The largest absolute Gasteiger partial charge is 0.441 e. The van der Waals surface area contributed by atoms with E-state index in [1.54, 1.807) is 6.20 Å². The van der Waals surface area contributed by atoms with Gasteiger partial charge in [0.15, 0.2) is 0 Å². The molecule has 0 unspecified atom stereocenters. The highest BCUT2D eigenvalue weighted by molar-refractivity contribution is 5.76. The van der Waals surface area contributed by atoms with E-state index in [4.69, 9.17) is 4.42 Å². The first-order chi connectivity index (χ1) is 11.7. The van der Waals surface area contributed by atoms with Crippen LogP contribution in [0.3, 0.4) is 0 Å². The lowest BCUT2D eigenvalue weighted by Crippen LogP contribution is -2.38. The van der Waals surface area contributed by atoms with E-state index in [0.29, 0.717) is 31.9 Å². The maximum absolute atomic E-state index is 12.5. The summed E-state index contributed by atoms with van der Waals surface area (Å²) in [5, 5.41) is 0. The molecule has 1 amide bonds. The van der Waals surface area contributed by atoms with Gasteiger partial charge in [-0.1, -0.05) is 18.2 Å². The van der Waals surface area contributed by atoms with E-state index in [2.05, 4.69) is 9.97 Å². The van der Waals surface area contributed by atoms with E-state index in [1.807, 2.05) is 52.9 Å². The average Bonchev–Trinajstić information content (AvgIpc) is 3.21. The summed E-state index contributed by atoms with van der Waals surface area (Å²) in [6.45, 7) is 3.36. The summed E-state index contributed by atoms with van der Waals surface area (Å²) in [6.07, 6.45) is 4.23. The van der Waals surface area contributed by atoms with E-state index < -0.39 is 0 Å². The van der Waals surface area contributed by atoms with Crippen LogP contribution in [0.1, 0.15) is 17.3 Å². The molecule has 3 aromatic rings. The second-order valence-corrected chi connectivity index (χ2v) is 5.92. The number of hydrogen-bond acceptors (Lipinski definition) is 4. The molecule has 0 bridgehead atoms. The first-order valence-corrected chi connectivity index (χ1v) is 8.00. The van der Waals surface area contributed by atoms with Crippen LogP contribution >= 0.6 is 0 Å². The second kappa shape index (κ2) is 5.96. The van der Waals surface area contributed by atoms with Crippen molar-refractivity contribution in [1.82, 2.24) is 19.4 Å². The highest BCUT2D eigenvalue weighted by Crippen LogP contribution is 2.26. The third kappa shape index (κ3) is 2.71. The van der Waals surface area contributed by atoms with Gasteiger partial charge in [0, 0.05) is 30.9 Å². The van der Waals surface area contributed by atoms with Crippen LogP contribution in [0.15, 0.2) is 47.1 Å². The zero-order chi connectivity index (χ0) is 16.5. The van der Waals surface area contributed by atoms with Gasteiger partial charge in [-0.15, -0.1) is 0 Å². The Labute approximate surface area is 139 Å². The lowest BCUT2D eigenvalue weighted by molar-refractivity contribution is -0.132. The molecular formula is C18H18N4O2. The van der Waals surface area contributed by atoms with Gasteiger partial charge in [0.2, 0.25) is 11.8 Å². The number of hydrogen-bond donors (Lipinski definition) is 0. The van der Waals surface area contributed by atoms with Crippen LogP contribution < -0.4 is 0 Å². The van der Waals surface area contributed by atoms with Crippen molar-refractivity contribution in [2.75, 3.05) is 6.54 Å².